The molecule has 0 aromatic heterocycles. The average Bonchev–Trinajstić information content (AvgIpc) is 2.53. The van der Waals surface area contributed by atoms with Gasteiger partial charge in [-0.1, -0.05) is 19.1 Å². The summed E-state index contributed by atoms with van der Waals surface area (Å²) in [6, 6.07) is 0.251. The highest BCUT2D eigenvalue weighted by Crippen LogP contribution is 2.29. The lowest BCUT2D eigenvalue weighted by Crippen LogP contribution is -2.49. The molecule has 0 saturated carbocycles. The Kier molecular flexibility index (Phi) is 5.39. The van der Waals surface area contributed by atoms with E-state index in [0.29, 0.717) is 12.8 Å². The highest BCUT2D eigenvalue weighted by molar-refractivity contribution is 5.85. The summed E-state index contributed by atoms with van der Waals surface area (Å²) in [4.78, 5) is 28.2. The second-order valence-electron chi connectivity index (χ2n) is 6.11. The van der Waals surface area contributed by atoms with Crippen molar-refractivity contribution < 1.29 is 14.7 Å². The molecule has 2 aliphatic rings. The maximum Gasteiger partial charge on any atom is 0.307 e. The highest BCUT2D eigenvalue weighted by Gasteiger charge is 2.37. The standard InChI is InChI=1S/C16H26N2O3/c1-3-18-10-8-12(9-11-18)17(2)15(19)13-6-4-5-7-14(13)16(20)21/h4-5,12-14H,3,6-11H2,1-2H3,(H,20,21)/t13-,14+/m1/s1. The Morgan fingerprint density at radius 3 is 2.29 bits per heavy atom. The maximum absolute atomic E-state index is 12.7. The summed E-state index contributed by atoms with van der Waals surface area (Å²) in [5, 5.41) is 9.31. The van der Waals surface area contributed by atoms with Gasteiger partial charge in [-0.05, 0) is 32.2 Å². The van der Waals surface area contributed by atoms with Gasteiger partial charge in [0.1, 0.15) is 0 Å². The van der Waals surface area contributed by atoms with E-state index < -0.39 is 17.8 Å². The second-order valence-corrected chi connectivity index (χ2v) is 6.11. The first-order chi connectivity index (χ1) is 10.0. The van der Waals surface area contributed by atoms with E-state index in [4.69, 9.17) is 0 Å². The van der Waals surface area contributed by atoms with Crippen molar-refractivity contribution in [2.75, 3.05) is 26.7 Å². The zero-order valence-corrected chi connectivity index (χ0v) is 13.0. The van der Waals surface area contributed by atoms with E-state index in [2.05, 4.69) is 11.8 Å². The first kappa shape index (κ1) is 16.0. The lowest BCUT2D eigenvalue weighted by atomic mass is 9.81. The van der Waals surface area contributed by atoms with Gasteiger partial charge in [-0.2, -0.15) is 0 Å². The summed E-state index contributed by atoms with van der Waals surface area (Å²) in [5.74, 6) is -1.82. The molecule has 0 spiro atoms. The molecule has 118 valence electrons. The largest absolute Gasteiger partial charge is 0.481 e. The highest BCUT2D eigenvalue weighted by atomic mass is 16.4. The van der Waals surface area contributed by atoms with Crippen molar-refractivity contribution in [3.05, 3.63) is 12.2 Å². The van der Waals surface area contributed by atoms with Gasteiger partial charge in [-0.3, -0.25) is 9.59 Å². The number of carboxylic acids is 1. The molecule has 0 aromatic rings. The van der Waals surface area contributed by atoms with Crippen LogP contribution in [0.25, 0.3) is 0 Å². The third-order valence-corrected chi connectivity index (χ3v) is 4.97. The Balaban J connectivity index is 1.98. The van der Waals surface area contributed by atoms with E-state index in [1.807, 2.05) is 24.1 Å². The number of hydrogen-bond acceptors (Lipinski definition) is 3. The predicted molar refractivity (Wildman–Crippen MR) is 80.9 cm³/mol. The molecule has 1 aliphatic heterocycles. The molecule has 2 rings (SSSR count). The summed E-state index contributed by atoms with van der Waals surface area (Å²) in [7, 11) is 1.84. The Bertz CT molecular complexity index is 414. The summed E-state index contributed by atoms with van der Waals surface area (Å²) < 4.78 is 0. The number of piperidine rings is 1. The van der Waals surface area contributed by atoms with Crippen LogP contribution in [0.5, 0.6) is 0 Å². The van der Waals surface area contributed by atoms with Gasteiger partial charge in [0.05, 0.1) is 11.8 Å². The van der Waals surface area contributed by atoms with Crippen LogP contribution >= 0.6 is 0 Å². The van der Waals surface area contributed by atoms with Crippen LogP contribution in [0.4, 0.5) is 0 Å². The van der Waals surface area contributed by atoms with Gasteiger partial charge in [0.25, 0.3) is 0 Å². The van der Waals surface area contributed by atoms with Crippen LogP contribution in [-0.4, -0.2) is 59.5 Å². The van der Waals surface area contributed by atoms with Crippen LogP contribution in [0, 0.1) is 11.8 Å². The Morgan fingerprint density at radius 1 is 1.19 bits per heavy atom. The van der Waals surface area contributed by atoms with Gasteiger partial charge in [-0.15, -0.1) is 0 Å². The van der Waals surface area contributed by atoms with Crippen LogP contribution in [0.2, 0.25) is 0 Å². The lowest BCUT2D eigenvalue weighted by molar-refractivity contribution is -0.151. The van der Waals surface area contributed by atoms with Gasteiger partial charge < -0.3 is 14.9 Å². The zero-order chi connectivity index (χ0) is 15.4. The van der Waals surface area contributed by atoms with Gasteiger partial charge >= 0.3 is 5.97 Å². The van der Waals surface area contributed by atoms with E-state index in [9.17, 15) is 14.7 Å². The lowest BCUT2D eigenvalue weighted by Gasteiger charge is -2.38. The number of carbonyl (C=O) groups excluding carboxylic acids is 1. The molecular weight excluding hydrogens is 268 g/mol. The molecule has 0 unspecified atom stereocenters. The molecule has 5 nitrogen and oxygen atoms in total. The van der Waals surface area contributed by atoms with Crippen LogP contribution in [0.15, 0.2) is 12.2 Å². The molecule has 5 heteroatoms. The summed E-state index contributed by atoms with van der Waals surface area (Å²) >= 11 is 0. The van der Waals surface area contributed by atoms with Gasteiger partial charge in [0, 0.05) is 26.2 Å². The van der Waals surface area contributed by atoms with Crippen LogP contribution in [0.1, 0.15) is 32.6 Å². The number of carbonyl (C=O) groups is 2. The van der Waals surface area contributed by atoms with Gasteiger partial charge in [0.2, 0.25) is 5.91 Å². The molecular formula is C16H26N2O3. The molecule has 2 atom stereocenters. The topological polar surface area (TPSA) is 60.9 Å². The molecule has 0 aromatic carbocycles. The number of carboxylic acid groups (broad SMARTS) is 1. The fraction of sp³-hybridized carbons (Fsp3) is 0.750. The summed E-state index contributed by atoms with van der Waals surface area (Å²) in [6.45, 7) is 5.25. The third-order valence-electron chi connectivity index (χ3n) is 4.97. The molecule has 1 heterocycles. The zero-order valence-electron chi connectivity index (χ0n) is 13.0. The van der Waals surface area contributed by atoms with Gasteiger partial charge in [0.15, 0.2) is 0 Å². The predicted octanol–water partition coefficient (Wildman–Crippen LogP) is 1.60. The van der Waals surface area contributed by atoms with Crippen molar-refractivity contribution in [2.45, 2.75) is 38.6 Å². The first-order valence-corrected chi connectivity index (χ1v) is 7.91. The first-order valence-electron chi connectivity index (χ1n) is 7.91. The third kappa shape index (κ3) is 3.64. The van der Waals surface area contributed by atoms with E-state index in [0.717, 1.165) is 32.5 Å². The van der Waals surface area contributed by atoms with E-state index in [-0.39, 0.29) is 11.9 Å². The summed E-state index contributed by atoms with van der Waals surface area (Å²) in [5.41, 5.74) is 0. The quantitative estimate of drug-likeness (QED) is 0.800. The number of amides is 1. The molecule has 1 fully saturated rings. The van der Waals surface area contributed by atoms with Crippen molar-refractivity contribution in [1.82, 2.24) is 9.80 Å². The minimum Gasteiger partial charge on any atom is -0.481 e. The summed E-state index contributed by atoms with van der Waals surface area (Å²) in [6.07, 6.45) is 6.80. The molecule has 21 heavy (non-hydrogen) atoms. The fourth-order valence-corrected chi connectivity index (χ4v) is 3.42. The van der Waals surface area contributed by atoms with Crippen LogP contribution < -0.4 is 0 Å². The Hall–Kier alpha value is -1.36. The van der Waals surface area contributed by atoms with Crippen molar-refractivity contribution in [1.29, 1.82) is 0 Å². The monoisotopic (exact) mass is 294 g/mol. The maximum atomic E-state index is 12.7. The SMILES string of the molecule is CCN1CCC(N(C)C(=O)[C@@H]2CC=CC[C@@H]2C(=O)O)CC1. The minimum atomic E-state index is -0.855. The van der Waals surface area contributed by atoms with E-state index in [1.54, 1.807) is 0 Å². The molecule has 1 N–H and O–H groups in total. The Labute approximate surface area is 126 Å². The molecule has 1 aliphatic carbocycles. The van der Waals surface area contributed by atoms with Gasteiger partial charge in [-0.25, -0.2) is 0 Å². The average molecular weight is 294 g/mol. The molecule has 1 amide bonds. The number of likely N-dealkylation sites (tertiary alicyclic amines) is 1. The van der Waals surface area contributed by atoms with Crippen LogP contribution in [0.3, 0.4) is 0 Å². The molecule has 1 saturated heterocycles. The van der Waals surface area contributed by atoms with E-state index >= 15 is 0 Å². The van der Waals surface area contributed by atoms with Crippen molar-refractivity contribution in [3.8, 4) is 0 Å². The molecule has 0 radical (unpaired) electrons. The number of nitrogens with zero attached hydrogens (tertiary/aromatic N) is 2. The van der Waals surface area contributed by atoms with Crippen LogP contribution in [-0.2, 0) is 9.59 Å². The fourth-order valence-electron chi connectivity index (χ4n) is 3.42. The number of hydrogen-bond donors (Lipinski definition) is 1. The number of aliphatic carboxylic acids is 1. The molecule has 0 bridgehead atoms. The van der Waals surface area contributed by atoms with Crippen molar-refractivity contribution in [3.63, 3.8) is 0 Å². The smallest absolute Gasteiger partial charge is 0.307 e. The van der Waals surface area contributed by atoms with Crippen molar-refractivity contribution in [2.24, 2.45) is 11.8 Å². The second kappa shape index (κ2) is 7.07. The number of allylic oxidation sites excluding steroid dienone is 2. The minimum absolute atomic E-state index is 0.00157. The number of rotatable bonds is 4. The normalized spacial score (nSPS) is 27.5. The van der Waals surface area contributed by atoms with E-state index in [1.165, 1.54) is 0 Å². The van der Waals surface area contributed by atoms with Crippen molar-refractivity contribution >= 4 is 11.9 Å². The Morgan fingerprint density at radius 2 is 1.76 bits per heavy atom.